The SMILES string of the molecule is Cc1ccc(NC(c2ccccc2)C(C(CCC(=O)O)C(=O)O)[PH](=O)O)cc1. The molecule has 8 heteroatoms. The quantitative estimate of drug-likeness (QED) is 0.446. The largest absolute Gasteiger partial charge is 0.481 e. The zero-order chi connectivity index (χ0) is 20.7. The summed E-state index contributed by atoms with van der Waals surface area (Å²) in [5.74, 6) is -3.72. The molecular formula is C20H24NO6P. The van der Waals surface area contributed by atoms with Crippen molar-refractivity contribution in [3.05, 3.63) is 65.7 Å². The van der Waals surface area contributed by atoms with Gasteiger partial charge in [-0.1, -0.05) is 48.0 Å². The van der Waals surface area contributed by atoms with Crippen LogP contribution in [-0.4, -0.2) is 32.7 Å². The van der Waals surface area contributed by atoms with Crippen molar-refractivity contribution in [2.24, 2.45) is 5.92 Å². The molecule has 0 saturated carbocycles. The topological polar surface area (TPSA) is 124 Å². The van der Waals surface area contributed by atoms with Gasteiger partial charge >= 0.3 is 11.9 Å². The van der Waals surface area contributed by atoms with Gasteiger partial charge in [0.05, 0.1) is 17.6 Å². The van der Waals surface area contributed by atoms with Crippen LogP contribution in [-0.2, 0) is 14.2 Å². The van der Waals surface area contributed by atoms with Crippen molar-refractivity contribution >= 4 is 25.7 Å². The van der Waals surface area contributed by atoms with Crippen molar-refractivity contribution in [2.75, 3.05) is 5.32 Å². The highest BCUT2D eigenvalue weighted by Gasteiger charge is 2.39. The second kappa shape index (κ2) is 10.1. The highest BCUT2D eigenvalue weighted by Crippen LogP contribution is 2.42. The summed E-state index contributed by atoms with van der Waals surface area (Å²) in [4.78, 5) is 32.8. The van der Waals surface area contributed by atoms with E-state index in [2.05, 4.69) is 5.32 Å². The summed E-state index contributed by atoms with van der Waals surface area (Å²) < 4.78 is 12.3. The third-order valence-electron chi connectivity index (χ3n) is 4.60. The molecule has 0 radical (unpaired) electrons. The smallest absolute Gasteiger partial charge is 0.307 e. The van der Waals surface area contributed by atoms with Gasteiger partial charge in [-0.25, -0.2) is 0 Å². The van der Waals surface area contributed by atoms with Crippen molar-refractivity contribution in [3.8, 4) is 0 Å². The number of rotatable bonds is 10. The lowest BCUT2D eigenvalue weighted by molar-refractivity contribution is -0.143. The van der Waals surface area contributed by atoms with E-state index < -0.39 is 44.0 Å². The molecule has 0 fully saturated rings. The van der Waals surface area contributed by atoms with Gasteiger partial charge in [0.25, 0.3) is 0 Å². The van der Waals surface area contributed by atoms with E-state index in [0.717, 1.165) is 5.56 Å². The average Bonchev–Trinajstić information content (AvgIpc) is 2.65. The lowest BCUT2D eigenvalue weighted by Gasteiger charge is -2.31. The van der Waals surface area contributed by atoms with Gasteiger partial charge in [-0.3, -0.25) is 14.2 Å². The van der Waals surface area contributed by atoms with Crippen LogP contribution >= 0.6 is 8.03 Å². The van der Waals surface area contributed by atoms with E-state index in [0.29, 0.717) is 11.3 Å². The minimum Gasteiger partial charge on any atom is -0.481 e. The Morgan fingerprint density at radius 2 is 1.64 bits per heavy atom. The number of aryl methyl sites for hydroxylation is 1. The molecule has 2 aromatic rings. The number of hydrogen-bond donors (Lipinski definition) is 4. The normalized spacial score (nSPS) is 15.2. The second-order valence-corrected chi connectivity index (χ2v) is 7.98. The van der Waals surface area contributed by atoms with E-state index >= 15 is 0 Å². The Kier molecular flexibility index (Phi) is 7.79. The number of benzene rings is 2. The van der Waals surface area contributed by atoms with Crippen LogP contribution in [0.3, 0.4) is 0 Å². The van der Waals surface area contributed by atoms with Gasteiger partial charge in [0.2, 0.25) is 0 Å². The second-order valence-electron chi connectivity index (χ2n) is 6.64. The van der Waals surface area contributed by atoms with Crippen molar-refractivity contribution in [2.45, 2.75) is 31.5 Å². The minimum atomic E-state index is -3.32. The van der Waals surface area contributed by atoms with E-state index in [-0.39, 0.29) is 6.42 Å². The number of aliphatic carboxylic acids is 2. The van der Waals surface area contributed by atoms with Crippen molar-refractivity contribution in [1.29, 1.82) is 0 Å². The summed E-state index contributed by atoms with van der Waals surface area (Å²) in [5, 5.41) is 21.8. The highest BCUT2D eigenvalue weighted by molar-refractivity contribution is 7.39. The Morgan fingerprint density at radius 1 is 1.04 bits per heavy atom. The monoisotopic (exact) mass is 405 g/mol. The summed E-state index contributed by atoms with van der Waals surface area (Å²) in [6, 6.07) is 15.4. The highest BCUT2D eigenvalue weighted by atomic mass is 31.1. The molecule has 150 valence electrons. The van der Waals surface area contributed by atoms with Crippen LogP contribution < -0.4 is 5.32 Å². The molecule has 0 spiro atoms. The van der Waals surface area contributed by atoms with E-state index in [1.165, 1.54) is 0 Å². The van der Waals surface area contributed by atoms with Crippen LogP contribution in [0.4, 0.5) is 5.69 Å². The number of carboxylic acids is 2. The molecule has 0 amide bonds. The number of hydrogen-bond acceptors (Lipinski definition) is 4. The van der Waals surface area contributed by atoms with Crippen molar-refractivity contribution in [1.82, 2.24) is 0 Å². The molecule has 2 rings (SSSR count). The van der Waals surface area contributed by atoms with Gasteiger partial charge in [-0.15, -0.1) is 0 Å². The Morgan fingerprint density at radius 3 is 2.14 bits per heavy atom. The van der Waals surface area contributed by atoms with E-state index in [1.54, 1.807) is 30.3 Å². The van der Waals surface area contributed by atoms with Crippen LogP contribution in [0.2, 0.25) is 0 Å². The van der Waals surface area contributed by atoms with E-state index in [9.17, 15) is 24.2 Å². The number of carbonyl (C=O) groups is 2. The summed E-state index contributed by atoms with van der Waals surface area (Å²) in [6.45, 7) is 1.93. The average molecular weight is 405 g/mol. The van der Waals surface area contributed by atoms with Crippen LogP contribution in [0.1, 0.15) is 30.0 Å². The maximum Gasteiger partial charge on any atom is 0.307 e. The molecule has 4 unspecified atom stereocenters. The van der Waals surface area contributed by atoms with Gasteiger partial charge in [0, 0.05) is 12.1 Å². The first-order chi connectivity index (χ1) is 13.3. The summed E-state index contributed by atoms with van der Waals surface area (Å²) in [7, 11) is -3.32. The fourth-order valence-electron chi connectivity index (χ4n) is 3.15. The standard InChI is InChI=1S/C20H24NO6P/c1-13-7-9-15(10-8-13)21-18(14-5-3-2-4-6-14)19(28(26)27)16(20(24)25)11-12-17(22)23/h2-10,16,18-19,21,28H,11-12H2,1H3,(H,22,23)(H,24,25)(H,26,27). The molecular weight excluding hydrogens is 381 g/mol. The molecule has 0 bridgehead atoms. The number of anilines is 1. The van der Waals surface area contributed by atoms with Crippen LogP contribution in [0, 0.1) is 12.8 Å². The molecule has 0 saturated heterocycles. The first kappa shape index (κ1) is 21.7. The molecule has 7 nitrogen and oxygen atoms in total. The number of carboxylic acid groups (broad SMARTS) is 2. The fourth-order valence-corrected chi connectivity index (χ4v) is 4.37. The predicted octanol–water partition coefficient (Wildman–Crippen LogP) is 3.55. The van der Waals surface area contributed by atoms with E-state index in [1.807, 2.05) is 31.2 Å². The van der Waals surface area contributed by atoms with Crippen molar-refractivity contribution in [3.63, 3.8) is 0 Å². The van der Waals surface area contributed by atoms with Gasteiger partial charge in [0.15, 0.2) is 8.03 Å². The third-order valence-corrected chi connectivity index (χ3v) is 5.90. The fraction of sp³-hybridized carbons (Fsp3) is 0.300. The van der Waals surface area contributed by atoms with Gasteiger partial charge in [0.1, 0.15) is 0 Å². The van der Waals surface area contributed by atoms with Gasteiger partial charge in [-0.2, -0.15) is 0 Å². The molecule has 0 aliphatic carbocycles. The minimum absolute atomic E-state index is 0.231. The summed E-state index contributed by atoms with van der Waals surface area (Å²) >= 11 is 0. The van der Waals surface area contributed by atoms with Gasteiger partial charge < -0.3 is 20.4 Å². The van der Waals surface area contributed by atoms with Gasteiger partial charge in [-0.05, 0) is 31.0 Å². The molecule has 28 heavy (non-hydrogen) atoms. The van der Waals surface area contributed by atoms with Crippen LogP contribution in [0.15, 0.2) is 54.6 Å². The summed E-state index contributed by atoms with van der Waals surface area (Å²) in [5.41, 5.74) is 1.20. The molecule has 0 heterocycles. The lowest BCUT2D eigenvalue weighted by atomic mass is 9.90. The van der Waals surface area contributed by atoms with Crippen LogP contribution in [0.25, 0.3) is 0 Å². The lowest BCUT2D eigenvalue weighted by Crippen LogP contribution is -2.35. The first-order valence-electron chi connectivity index (χ1n) is 8.85. The van der Waals surface area contributed by atoms with Crippen molar-refractivity contribution < 1.29 is 29.3 Å². The first-order valence-corrected chi connectivity index (χ1v) is 10.3. The molecule has 0 aliphatic heterocycles. The zero-order valence-corrected chi connectivity index (χ0v) is 16.4. The zero-order valence-electron chi connectivity index (χ0n) is 15.4. The predicted molar refractivity (Wildman–Crippen MR) is 107 cm³/mol. The molecule has 0 aromatic heterocycles. The molecule has 2 aromatic carbocycles. The van der Waals surface area contributed by atoms with Crippen LogP contribution in [0.5, 0.6) is 0 Å². The number of nitrogens with one attached hydrogen (secondary N) is 1. The third kappa shape index (κ3) is 5.94. The Hall–Kier alpha value is -2.63. The maximum absolute atomic E-state index is 12.3. The molecule has 0 aliphatic rings. The molecule has 4 N–H and O–H groups in total. The summed E-state index contributed by atoms with van der Waals surface area (Å²) in [6.07, 6.45) is -0.625. The Balaban J connectivity index is 2.46. The molecule has 4 atom stereocenters. The maximum atomic E-state index is 12.3. The van der Waals surface area contributed by atoms with E-state index in [4.69, 9.17) is 5.11 Å². The Bertz CT molecular complexity index is 824. The Labute approximate surface area is 163 Å².